The Morgan fingerprint density at radius 2 is 2.12 bits per heavy atom. The Morgan fingerprint density at radius 1 is 1.44 bits per heavy atom. The lowest BCUT2D eigenvalue weighted by molar-refractivity contribution is -0.122. The average Bonchev–Trinajstić information content (AvgIpc) is 2.30. The molecule has 1 amide bonds. The molecule has 1 fully saturated rings. The van der Waals surface area contributed by atoms with Crippen molar-refractivity contribution in [2.45, 2.75) is 6.04 Å². The lowest BCUT2D eigenvalue weighted by atomic mass is 10.2. The van der Waals surface area contributed by atoms with Gasteiger partial charge < -0.3 is 10.6 Å². The largest absolute Gasteiger partial charge is 0.368 e. The van der Waals surface area contributed by atoms with Gasteiger partial charge in [-0.05, 0) is 13.1 Å². The molecule has 2 N–H and O–H groups in total. The van der Waals surface area contributed by atoms with Crippen LogP contribution in [-0.4, -0.2) is 53.5 Å². The number of piperazine rings is 1. The van der Waals surface area contributed by atoms with Gasteiger partial charge in [0.2, 0.25) is 11.9 Å². The molecule has 0 aromatic carbocycles. The van der Waals surface area contributed by atoms with Gasteiger partial charge in [0.25, 0.3) is 0 Å². The molecule has 1 atom stereocenters. The predicted molar refractivity (Wildman–Crippen MR) is 59.9 cm³/mol. The molecular weight excluding hydrogens is 206 g/mol. The summed E-state index contributed by atoms with van der Waals surface area (Å²) in [5.74, 6) is 0.352. The van der Waals surface area contributed by atoms with E-state index in [0.717, 1.165) is 13.1 Å². The summed E-state index contributed by atoms with van der Waals surface area (Å²) in [7, 11) is 1.90. The van der Waals surface area contributed by atoms with Gasteiger partial charge in [-0.3, -0.25) is 9.69 Å². The maximum atomic E-state index is 11.3. The molecule has 0 spiro atoms. The zero-order valence-corrected chi connectivity index (χ0v) is 9.21. The predicted octanol–water partition coefficient (Wildman–Crippen LogP) is -0.918. The van der Waals surface area contributed by atoms with Crippen LogP contribution in [-0.2, 0) is 4.79 Å². The van der Waals surface area contributed by atoms with Crippen LogP contribution in [0.1, 0.15) is 0 Å². The lowest BCUT2D eigenvalue weighted by Crippen LogP contribution is -2.57. The van der Waals surface area contributed by atoms with E-state index in [0.29, 0.717) is 12.5 Å². The van der Waals surface area contributed by atoms with E-state index in [-0.39, 0.29) is 11.9 Å². The summed E-state index contributed by atoms with van der Waals surface area (Å²) in [6, 6.07) is 1.50. The minimum Gasteiger partial charge on any atom is -0.368 e. The third-order valence-electron chi connectivity index (χ3n) is 2.81. The van der Waals surface area contributed by atoms with E-state index in [1.807, 2.05) is 16.8 Å². The molecule has 1 aliphatic heterocycles. The lowest BCUT2D eigenvalue weighted by Gasteiger charge is -2.37. The fourth-order valence-corrected chi connectivity index (χ4v) is 1.82. The van der Waals surface area contributed by atoms with E-state index in [9.17, 15) is 4.79 Å². The van der Waals surface area contributed by atoms with E-state index in [4.69, 9.17) is 5.73 Å². The minimum atomic E-state index is -0.303. The van der Waals surface area contributed by atoms with Crippen molar-refractivity contribution in [2.75, 3.05) is 31.6 Å². The maximum absolute atomic E-state index is 11.3. The Morgan fingerprint density at radius 3 is 2.75 bits per heavy atom. The fraction of sp³-hybridized carbons (Fsp3) is 0.500. The number of carbonyl (C=O) groups is 1. The SMILES string of the molecule is CN1CCN(c2ncccn2)CC1C(N)=O. The zero-order valence-electron chi connectivity index (χ0n) is 9.21. The Labute approximate surface area is 94.1 Å². The van der Waals surface area contributed by atoms with Crippen molar-refractivity contribution in [2.24, 2.45) is 5.73 Å². The van der Waals surface area contributed by atoms with Gasteiger partial charge in [-0.25, -0.2) is 9.97 Å². The van der Waals surface area contributed by atoms with Gasteiger partial charge in [0.15, 0.2) is 0 Å². The van der Waals surface area contributed by atoms with Crippen molar-refractivity contribution < 1.29 is 4.79 Å². The molecule has 6 heteroatoms. The van der Waals surface area contributed by atoms with Crippen molar-refractivity contribution in [1.29, 1.82) is 0 Å². The standard InChI is InChI=1S/C10H15N5O/c1-14-5-6-15(7-8(14)9(11)16)10-12-3-2-4-13-10/h2-4,8H,5-7H2,1H3,(H2,11,16). The Balaban J connectivity index is 2.12. The third kappa shape index (κ3) is 2.11. The molecule has 1 unspecified atom stereocenters. The molecule has 0 aliphatic carbocycles. The van der Waals surface area contributed by atoms with Crippen LogP contribution in [0.2, 0.25) is 0 Å². The van der Waals surface area contributed by atoms with Crippen LogP contribution < -0.4 is 10.6 Å². The molecule has 1 saturated heterocycles. The molecule has 1 aliphatic rings. The maximum Gasteiger partial charge on any atom is 0.236 e. The Hall–Kier alpha value is -1.69. The number of hydrogen-bond donors (Lipinski definition) is 1. The molecule has 1 aromatic rings. The molecule has 2 rings (SSSR count). The second-order valence-electron chi connectivity index (χ2n) is 3.89. The zero-order chi connectivity index (χ0) is 11.5. The first-order chi connectivity index (χ1) is 7.68. The number of carbonyl (C=O) groups excluding carboxylic acids is 1. The highest BCUT2D eigenvalue weighted by Crippen LogP contribution is 2.12. The summed E-state index contributed by atoms with van der Waals surface area (Å²) >= 11 is 0. The Kier molecular flexibility index (Phi) is 3.00. The first-order valence-corrected chi connectivity index (χ1v) is 5.20. The van der Waals surface area contributed by atoms with Crippen LogP contribution in [0.5, 0.6) is 0 Å². The number of aromatic nitrogens is 2. The normalized spacial score (nSPS) is 22.1. The number of nitrogens with zero attached hydrogens (tertiary/aromatic N) is 4. The summed E-state index contributed by atoms with van der Waals surface area (Å²) in [6.07, 6.45) is 3.39. The second-order valence-corrected chi connectivity index (χ2v) is 3.89. The molecule has 1 aromatic heterocycles. The van der Waals surface area contributed by atoms with Gasteiger partial charge >= 0.3 is 0 Å². The quantitative estimate of drug-likeness (QED) is 0.699. The van der Waals surface area contributed by atoms with Gasteiger partial charge in [-0.2, -0.15) is 0 Å². The highest BCUT2D eigenvalue weighted by Gasteiger charge is 2.29. The molecule has 0 bridgehead atoms. The van der Waals surface area contributed by atoms with Crippen molar-refractivity contribution in [3.63, 3.8) is 0 Å². The smallest absolute Gasteiger partial charge is 0.236 e. The summed E-state index contributed by atoms with van der Waals surface area (Å²) < 4.78 is 0. The van der Waals surface area contributed by atoms with Crippen LogP contribution in [0.4, 0.5) is 5.95 Å². The summed E-state index contributed by atoms with van der Waals surface area (Å²) in [5, 5.41) is 0. The molecular formula is C10H15N5O. The highest BCUT2D eigenvalue weighted by molar-refractivity contribution is 5.80. The number of primary amides is 1. The number of likely N-dealkylation sites (N-methyl/N-ethyl adjacent to an activating group) is 1. The van der Waals surface area contributed by atoms with E-state index >= 15 is 0 Å². The summed E-state index contributed by atoms with van der Waals surface area (Å²) in [4.78, 5) is 23.5. The van der Waals surface area contributed by atoms with Crippen molar-refractivity contribution in [1.82, 2.24) is 14.9 Å². The van der Waals surface area contributed by atoms with Gasteiger partial charge in [0.05, 0.1) is 0 Å². The van der Waals surface area contributed by atoms with E-state index < -0.39 is 0 Å². The molecule has 0 radical (unpaired) electrons. The summed E-state index contributed by atoms with van der Waals surface area (Å²) in [5.41, 5.74) is 5.35. The molecule has 86 valence electrons. The first kappa shape index (κ1) is 10.8. The van der Waals surface area contributed by atoms with Crippen LogP contribution in [0.3, 0.4) is 0 Å². The molecule has 0 saturated carbocycles. The third-order valence-corrected chi connectivity index (χ3v) is 2.81. The average molecular weight is 221 g/mol. The van der Waals surface area contributed by atoms with E-state index in [2.05, 4.69) is 9.97 Å². The number of rotatable bonds is 2. The molecule has 2 heterocycles. The number of hydrogen-bond acceptors (Lipinski definition) is 5. The van der Waals surface area contributed by atoms with Crippen LogP contribution >= 0.6 is 0 Å². The van der Waals surface area contributed by atoms with Crippen molar-refractivity contribution >= 4 is 11.9 Å². The van der Waals surface area contributed by atoms with Crippen LogP contribution in [0, 0.1) is 0 Å². The highest BCUT2D eigenvalue weighted by atomic mass is 16.1. The fourth-order valence-electron chi connectivity index (χ4n) is 1.82. The molecule has 6 nitrogen and oxygen atoms in total. The minimum absolute atomic E-state index is 0.266. The number of amides is 1. The first-order valence-electron chi connectivity index (χ1n) is 5.20. The number of nitrogens with two attached hydrogens (primary N) is 1. The van der Waals surface area contributed by atoms with Gasteiger partial charge in [-0.1, -0.05) is 0 Å². The monoisotopic (exact) mass is 221 g/mol. The van der Waals surface area contributed by atoms with E-state index in [1.54, 1.807) is 18.5 Å². The van der Waals surface area contributed by atoms with Gasteiger partial charge in [0, 0.05) is 32.0 Å². The molecule has 16 heavy (non-hydrogen) atoms. The Bertz CT molecular complexity index is 369. The number of anilines is 1. The van der Waals surface area contributed by atoms with Crippen molar-refractivity contribution in [3.8, 4) is 0 Å². The van der Waals surface area contributed by atoms with Crippen LogP contribution in [0.15, 0.2) is 18.5 Å². The topological polar surface area (TPSA) is 75.3 Å². The van der Waals surface area contributed by atoms with Gasteiger partial charge in [-0.15, -0.1) is 0 Å². The van der Waals surface area contributed by atoms with Crippen LogP contribution in [0.25, 0.3) is 0 Å². The van der Waals surface area contributed by atoms with Gasteiger partial charge in [0.1, 0.15) is 6.04 Å². The second kappa shape index (κ2) is 4.44. The van der Waals surface area contributed by atoms with Crippen molar-refractivity contribution in [3.05, 3.63) is 18.5 Å². The van der Waals surface area contributed by atoms with E-state index in [1.165, 1.54) is 0 Å². The summed E-state index contributed by atoms with van der Waals surface area (Å²) in [6.45, 7) is 2.14.